The van der Waals surface area contributed by atoms with E-state index in [0.717, 1.165) is 36.6 Å². The van der Waals surface area contributed by atoms with Crippen LogP contribution in [0.5, 0.6) is 0 Å². The van der Waals surface area contributed by atoms with E-state index < -0.39 is 0 Å². The smallest absolute Gasteiger partial charge is 0.255 e. The molecule has 2 aromatic heterocycles. The Hall–Kier alpha value is -3.15. The van der Waals surface area contributed by atoms with Gasteiger partial charge in [0.05, 0.1) is 11.3 Å². The number of carbonyl (C=O) groups excluding carboxylic acids is 1. The molecule has 28 heavy (non-hydrogen) atoms. The van der Waals surface area contributed by atoms with Gasteiger partial charge >= 0.3 is 0 Å². The van der Waals surface area contributed by atoms with Crippen LogP contribution >= 0.6 is 0 Å². The summed E-state index contributed by atoms with van der Waals surface area (Å²) in [6.45, 7) is 3.58. The van der Waals surface area contributed by atoms with Crippen LogP contribution in [-0.4, -0.2) is 38.5 Å². The van der Waals surface area contributed by atoms with Crippen molar-refractivity contribution in [1.82, 2.24) is 19.0 Å². The molecule has 1 amide bonds. The number of hydrogen-bond acceptors (Lipinski definition) is 3. The third-order valence-electron chi connectivity index (χ3n) is 5.28. The highest BCUT2D eigenvalue weighted by Crippen LogP contribution is 2.21. The van der Waals surface area contributed by atoms with E-state index in [2.05, 4.69) is 15.7 Å². The zero-order chi connectivity index (χ0) is 19.7. The number of carbonyl (C=O) groups is 1. The van der Waals surface area contributed by atoms with E-state index in [9.17, 15) is 9.59 Å². The van der Waals surface area contributed by atoms with E-state index >= 15 is 0 Å². The largest absolute Gasteiger partial charge is 0.341 e. The molecule has 0 aliphatic carbocycles. The highest BCUT2D eigenvalue weighted by molar-refractivity contribution is 5.93. The number of imidazole rings is 1. The van der Waals surface area contributed by atoms with Gasteiger partial charge in [0.15, 0.2) is 0 Å². The minimum atomic E-state index is -0.152. The Kier molecular flexibility index (Phi) is 4.86. The number of para-hydroxylation sites is 1. The Balaban J connectivity index is 1.49. The topological polar surface area (TPSA) is 60.1 Å². The molecule has 3 aromatic rings. The molecule has 144 valence electrons. The standard InChI is InChI=1S/C22H24N4O2/c1-16-12-25-14-17(8-10-20(25)23-16)13-24(2)22(28)18-9-11-21(27)26(15-18)19-6-4-3-5-7-19/h3-7,9,11-12,15,17H,8,10,13-14H2,1-2H3. The van der Waals surface area contributed by atoms with Crippen molar-refractivity contribution in [1.29, 1.82) is 0 Å². The molecule has 0 saturated heterocycles. The molecule has 6 nitrogen and oxygen atoms in total. The van der Waals surface area contributed by atoms with Crippen molar-refractivity contribution >= 4 is 5.91 Å². The molecule has 0 radical (unpaired) electrons. The summed E-state index contributed by atoms with van der Waals surface area (Å²) >= 11 is 0. The maximum Gasteiger partial charge on any atom is 0.255 e. The monoisotopic (exact) mass is 376 g/mol. The molecule has 0 saturated carbocycles. The predicted octanol–water partition coefficient (Wildman–Crippen LogP) is 2.68. The summed E-state index contributed by atoms with van der Waals surface area (Å²) in [5.41, 5.74) is 2.16. The predicted molar refractivity (Wildman–Crippen MR) is 108 cm³/mol. The van der Waals surface area contributed by atoms with E-state index in [-0.39, 0.29) is 11.5 Å². The van der Waals surface area contributed by atoms with Gasteiger partial charge in [-0.25, -0.2) is 4.98 Å². The second-order valence-electron chi connectivity index (χ2n) is 7.50. The Bertz CT molecular complexity index is 1050. The van der Waals surface area contributed by atoms with Gasteiger partial charge in [-0.1, -0.05) is 18.2 Å². The molecule has 0 bridgehead atoms. The molecule has 4 rings (SSSR count). The van der Waals surface area contributed by atoms with Crippen molar-refractivity contribution in [2.24, 2.45) is 5.92 Å². The lowest BCUT2D eigenvalue weighted by Crippen LogP contribution is -2.36. The van der Waals surface area contributed by atoms with Crippen LogP contribution in [0, 0.1) is 12.8 Å². The van der Waals surface area contributed by atoms with Crippen molar-refractivity contribution in [2.45, 2.75) is 26.3 Å². The normalized spacial score (nSPS) is 15.9. The van der Waals surface area contributed by atoms with Gasteiger partial charge < -0.3 is 9.47 Å². The number of benzene rings is 1. The molecule has 0 spiro atoms. The quantitative estimate of drug-likeness (QED) is 0.703. The number of amides is 1. The minimum absolute atomic E-state index is 0.0720. The summed E-state index contributed by atoms with van der Waals surface area (Å²) in [6.07, 6.45) is 5.69. The molecule has 1 aliphatic heterocycles. The second-order valence-corrected chi connectivity index (χ2v) is 7.50. The molecule has 6 heteroatoms. The number of rotatable bonds is 4. The number of aromatic nitrogens is 3. The van der Waals surface area contributed by atoms with Gasteiger partial charge in [0.25, 0.3) is 11.5 Å². The van der Waals surface area contributed by atoms with Crippen LogP contribution < -0.4 is 5.56 Å². The zero-order valence-electron chi connectivity index (χ0n) is 16.2. The highest BCUT2D eigenvalue weighted by Gasteiger charge is 2.23. The number of fused-ring (bicyclic) bond motifs is 1. The van der Waals surface area contributed by atoms with Gasteiger partial charge in [-0.15, -0.1) is 0 Å². The summed E-state index contributed by atoms with van der Waals surface area (Å²) in [5, 5.41) is 0. The van der Waals surface area contributed by atoms with Crippen LogP contribution in [0.2, 0.25) is 0 Å². The van der Waals surface area contributed by atoms with Gasteiger partial charge in [-0.3, -0.25) is 14.2 Å². The first-order valence-electron chi connectivity index (χ1n) is 9.57. The summed E-state index contributed by atoms with van der Waals surface area (Å²) in [7, 11) is 1.83. The number of nitrogens with zero attached hydrogens (tertiary/aromatic N) is 4. The fourth-order valence-corrected chi connectivity index (χ4v) is 3.90. The van der Waals surface area contributed by atoms with E-state index in [1.54, 1.807) is 17.2 Å². The van der Waals surface area contributed by atoms with Crippen LogP contribution in [0.1, 0.15) is 28.3 Å². The fourth-order valence-electron chi connectivity index (χ4n) is 3.90. The Morgan fingerprint density at radius 2 is 1.96 bits per heavy atom. The highest BCUT2D eigenvalue weighted by atomic mass is 16.2. The average Bonchev–Trinajstić information content (AvgIpc) is 3.07. The van der Waals surface area contributed by atoms with Crippen molar-refractivity contribution < 1.29 is 4.79 Å². The first-order chi connectivity index (χ1) is 13.5. The van der Waals surface area contributed by atoms with Gasteiger partial charge in [0, 0.05) is 50.7 Å². The average molecular weight is 376 g/mol. The first-order valence-corrected chi connectivity index (χ1v) is 9.57. The van der Waals surface area contributed by atoms with E-state index in [1.165, 1.54) is 10.6 Å². The third-order valence-corrected chi connectivity index (χ3v) is 5.28. The van der Waals surface area contributed by atoms with Crippen molar-refractivity contribution in [3.63, 3.8) is 0 Å². The third kappa shape index (κ3) is 3.63. The molecule has 0 N–H and O–H groups in total. The molecule has 0 fully saturated rings. The van der Waals surface area contributed by atoms with Crippen LogP contribution in [0.4, 0.5) is 0 Å². The Morgan fingerprint density at radius 3 is 2.75 bits per heavy atom. The van der Waals surface area contributed by atoms with Crippen molar-refractivity contribution in [2.75, 3.05) is 13.6 Å². The number of aryl methyl sites for hydroxylation is 2. The van der Waals surface area contributed by atoms with Gasteiger partial charge in [0.1, 0.15) is 5.82 Å². The van der Waals surface area contributed by atoms with Gasteiger partial charge in [-0.05, 0) is 37.5 Å². The SMILES string of the molecule is Cc1cn2c(n1)CCC(CN(C)C(=O)c1ccc(=O)n(-c3ccccc3)c1)C2. The maximum absolute atomic E-state index is 13.0. The zero-order valence-corrected chi connectivity index (χ0v) is 16.2. The second kappa shape index (κ2) is 7.46. The Labute approximate surface area is 164 Å². The number of pyridine rings is 1. The van der Waals surface area contributed by atoms with Crippen LogP contribution in [0.3, 0.4) is 0 Å². The Morgan fingerprint density at radius 1 is 1.18 bits per heavy atom. The number of hydrogen-bond donors (Lipinski definition) is 0. The molecule has 3 heterocycles. The fraction of sp³-hybridized carbons (Fsp3) is 0.318. The molecular formula is C22H24N4O2. The maximum atomic E-state index is 13.0. The summed E-state index contributed by atoms with van der Waals surface area (Å²) in [6, 6.07) is 12.4. The molecule has 1 aliphatic rings. The van der Waals surface area contributed by atoms with Gasteiger partial charge in [-0.2, -0.15) is 0 Å². The van der Waals surface area contributed by atoms with E-state index in [0.29, 0.717) is 18.0 Å². The van der Waals surface area contributed by atoms with Gasteiger partial charge in [0.2, 0.25) is 0 Å². The lowest BCUT2D eigenvalue weighted by Gasteiger charge is -2.28. The lowest BCUT2D eigenvalue weighted by atomic mass is 9.98. The van der Waals surface area contributed by atoms with Crippen LogP contribution in [-0.2, 0) is 13.0 Å². The summed E-state index contributed by atoms with van der Waals surface area (Å²) < 4.78 is 3.72. The summed E-state index contributed by atoms with van der Waals surface area (Å²) in [5.74, 6) is 1.46. The molecule has 1 aromatic carbocycles. The minimum Gasteiger partial charge on any atom is -0.341 e. The summed E-state index contributed by atoms with van der Waals surface area (Å²) in [4.78, 5) is 31.5. The van der Waals surface area contributed by atoms with E-state index in [1.807, 2.05) is 44.3 Å². The van der Waals surface area contributed by atoms with Crippen molar-refractivity contribution in [3.8, 4) is 5.69 Å². The van der Waals surface area contributed by atoms with Crippen LogP contribution in [0.25, 0.3) is 5.69 Å². The lowest BCUT2D eigenvalue weighted by molar-refractivity contribution is 0.0760. The molecular weight excluding hydrogens is 352 g/mol. The van der Waals surface area contributed by atoms with E-state index in [4.69, 9.17) is 0 Å². The molecule has 1 unspecified atom stereocenters. The van der Waals surface area contributed by atoms with Crippen molar-refractivity contribution in [3.05, 3.63) is 82.3 Å². The first kappa shape index (κ1) is 18.2. The van der Waals surface area contributed by atoms with Crippen LogP contribution in [0.15, 0.2) is 59.7 Å². The molecule has 1 atom stereocenters.